The second-order valence-corrected chi connectivity index (χ2v) is 5.33. The van der Waals surface area contributed by atoms with Crippen molar-refractivity contribution in [1.82, 2.24) is 5.32 Å². The summed E-state index contributed by atoms with van der Waals surface area (Å²) in [4.78, 5) is 22.5. The average molecular weight is 267 g/mol. The number of hydrogen-bond donors (Lipinski definition) is 2. The molecule has 0 unspecified atom stereocenters. The van der Waals surface area contributed by atoms with Crippen molar-refractivity contribution in [1.29, 1.82) is 0 Å². The molecule has 1 amide bonds. The van der Waals surface area contributed by atoms with Gasteiger partial charge in [0.2, 0.25) is 5.76 Å². The fourth-order valence-corrected chi connectivity index (χ4v) is 2.11. The molecule has 1 aromatic heterocycles. The van der Waals surface area contributed by atoms with Crippen molar-refractivity contribution in [3.8, 4) is 0 Å². The van der Waals surface area contributed by atoms with E-state index in [0.717, 1.165) is 0 Å². The first-order chi connectivity index (χ1) is 8.82. The lowest BCUT2D eigenvalue weighted by Crippen LogP contribution is -2.33. The Kier molecular flexibility index (Phi) is 5.15. The van der Waals surface area contributed by atoms with E-state index in [0.29, 0.717) is 24.3 Å². The molecule has 19 heavy (non-hydrogen) atoms. The van der Waals surface area contributed by atoms with Crippen LogP contribution in [0, 0.1) is 17.8 Å². The summed E-state index contributed by atoms with van der Waals surface area (Å²) in [5, 5.41) is 11.5. The van der Waals surface area contributed by atoms with E-state index in [1.807, 2.05) is 0 Å². The predicted molar refractivity (Wildman–Crippen MR) is 71.2 cm³/mol. The molecule has 0 spiro atoms. The second kappa shape index (κ2) is 6.41. The zero-order valence-corrected chi connectivity index (χ0v) is 11.8. The van der Waals surface area contributed by atoms with Gasteiger partial charge in [-0.05, 0) is 29.9 Å². The highest BCUT2D eigenvalue weighted by Gasteiger charge is 2.20. The maximum absolute atomic E-state index is 11.8. The Hall–Kier alpha value is -1.78. The molecule has 1 rings (SSSR count). The van der Waals surface area contributed by atoms with Crippen LogP contribution in [-0.4, -0.2) is 23.5 Å². The monoisotopic (exact) mass is 267 g/mol. The third-order valence-electron chi connectivity index (χ3n) is 3.25. The van der Waals surface area contributed by atoms with Gasteiger partial charge in [-0.1, -0.05) is 27.7 Å². The molecule has 5 heteroatoms. The van der Waals surface area contributed by atoms with Gasteiger partial charge < -0.3 is 14.8 Å². The van der Waals surface area contributed by atoms with E-state index in [2.05, 4.69) is 33.0 Å². The Labute approximate surface area is 113 Å². The van der Waals surface area contributed by atoms with Gasteiger partial charge in [0.25, 0.3) is 5.91 Å². The van der Waals surface area contributed by atoms with Gasteiger partial charge in [-0.25, -0.2) is 4.79 Å². The summed E-state index contributed by atoms with van der Waals surface area (Å²) in [6.45, 7) is 9.02. The Balaban J connectivity index is 2.61. The average Bonchev–Trinajstić information content (AvgIpc) is 2.77. The van der Waals surface area contributed by atoms with Crippen LogP contribution in [0.15, 0.2) is 16.5 Å². The number of furan rings is 1. The molecule has 1 aromatic rings. The van der Waals surface area contributed by atoms with E-state index < -0.39 is 5.97 Å². The Morgan fingerprint density at radius 1 is 1.16 bits per heavy atom. The van der Waals surface area contributed by atoms with Crippen molar-refractivity contribution in [2.45, 2.75) is 27.7 Å². The first-order valence-electron chi connectivity index (χ1n) is 6.44. The maximum Gasteiger partial charge on any atom is 0.371 e. The summed E-state index contributed by atoms with van der Waals surface area (Å²) in [6.07, 6.45) is 0. The first-order valence-corrected chi connectivity index (χ1v) is 6.44. The summed E-state index contributed by atoms with van der Waals surface area (Å²) < 4.78 is 4.95. The van der Waals surface area contributed by atoms with Gasteiger partial charge in [0.15, 0.2) is 5.76 Å². The van der Waals surface area contributed by atoms with Crippen LogP contribution < -0.4 is 5.32 Å². The highest BCUT2D eigenvalue weighted by Crippen LogP contribution is 2.19. The standard InChI is InChI=1S/C14H21NO4/c1-8(2)10(9(3)4)7-15-13(16)11-5-6-12(19-11)14(17)18/h5-6,8-10H,7H2,1-4H3,(H,15,16)(H,17,18). The lowest BCUT2D eigenvalue weighted by Gasteiger charge is -2.24. The number of carbonyl (C=O) groups is 2. The summed E-state index contributed by atoms with van der Waals surface area (Å²) in [6, 6.07) is 2.65. The van der Waals surface area contributed by atoms with E-state index in [-0.39, 0.29) is 17.4 Å². The summed E-state index contributed by atoms with van der Waals surface area (Å²) in [7, 11) is 0. The smallest absolute Gasteiger partial charge is 0.371 e. The van der Waals surface area contributed by atoms with Gasteiger partial charge in [-0.3, -0.25) is 4.79 Å². The molecule has 5 nitrogen and oxygen atoms in total. The highest BCUT2D eigenvalue weighted by atomic mass is 16.4. The molecule has 0 saturated carbocycles. The molecule has 106 valence electrons. The quantitative estimate of drug-likeness (QED) is 0.830. The van der Waals surface area contributed by atoms with Gasteiger partial charge in [0, 0.05) is 6.54 Å². The summed E-state index contributed by atoms with van der Waals surface area (Å²) in [5.74, 6) is -0.450. The molecule has 0 aliphatic rings. The molecule has 0 saturated heterocycles. The molecule has 2 N–H and O–H groups in total. The van der Waals surface area contributed by atoms with E-state index in [4.69, 9.17) is 9.52 Å². The van der Waals surface area contributed by atoms with Crippen LogP contribution >= 0.6 is 0 Å². The first kappa shape index (κ1) is 15.3. The molecular formula is C14H21NO4. The van der Waals surface area contributed by atoms with Crippen LogP contribution in [0.4, 0.5) is 0 Å². The molecule has 0 aliphatic carbocycles. The second-order valence-electron chi connectivity index (χ2n) is 5.33. The molecule has 0 aromatic carbocycles. The molecule has 0 bridgehead atoms. The van der Waals surface area contributed by atoms with E-state index in [1.165, 1.54) is 12.1 Å². The number of rotatable bonds is 6. The largest absolute Gasteiger partial charge is 0.475 e. The summed E-state index contributed by atoms with van der Waals surface area (Å²) >= 11 is 0. The minimum Gasteiger partial charge on any atom is -0.475 e. The SMILES string of the molecule is CC(C)C(CNC(=O)c1ccc(C(=O)O)o1)C(C)C. The predicted octanol–water partition coefficient (Wildman–Crippen LogP) is 2.64. The van der Waals surface area contributed by atoms with Gasteiger partial charge in [0.05, 0.1) is 0 Å². The topological polar surface area (TPSA) is 79.5 Å². The van der Waals surface area contributed by atoms with Gasteiger partial charge in [0.1, 0.15) is 0 Å². The Morgan fingerprint density at radius 3 is 2.11 bits per heavy atom. The van der Waals surface area contributed by atoms with Crippen LogP contribution in [0.5, 0.6) is 0 Å². The number of carboxylic acid groups (broad SMARTS) is 1. The molecule has 0 fully saturated rings. The summed E-state index contributed by atoms with van der Waals surface area (Å²) in [5.41, 5.74) is 0. The van der Waals surface area contributed by atoms with E-state index in [9.17, 15) is 9.59 Å². The maximum atomic E-state index is 11.8. The van der Waals surface area contributed by atoms with E-state index >= 15 is 0 Å². The van der Waals surface area contributed by atoms with Crippen molar-refractivity contribution in [3.63, 3.8) is 0 Å². The zero-order chi connectivity index (χ0) is 14.6. The normalized spacial score (nSPS) is 11.3. The highest BCUT2D eigenvalue weighted by molar-refractivity contribution is 5.93. The lowest BCUT2D eigenvalue weighted by atomic mass is 9.85. The van der Waals surface area contributed by atoms with Gasteiger partial charge >= 0.3 is 5.97 Å². The van der Waals surface area contributed by atoms with Crippen molar-refractivity contribution in [2.24, 2.45) is 17.8 Å². The van der Waals surface area contributed by atoms with Crippen LogP contribution in [0.3, 0.4) is 0 Å². The number of aromatic carboxylic acids is 1. The molecule has 0 atom stereocenters. The third kappa shape index (κ3) is 4.12. The molecule has 0 aliphatic heterocycles. The fraction of sp³-hybridized carbons (Fsp3) is 0.571. The van der Waals surface area contributed by atoms with E-state index in [1.54, 1.807) is 0 Å². The minimum atomic E-state index is -1.18. The Morgan fingerprint density at radius 2 is 1.68 bits per heavy atom. The van der Waals surface area contributed by atoms with Crippen molar-refractivity contribution in [3.05, 3.63) is 23.7 Å². The third-order valence-corrected chi connectivity index (χ3v) is 3.25. The van der Waals surface area contributed by atoms with Crippen molar-refractivity contribution < 1.29 is 19.1 Å². The Bertz CT molecular complexity index is 440. The van der Waals surface area contributed by atoms with Crippen molar-refractivity contribution >= 4 is 11.9 Å². The van der Waals surface area contributed by atoms with Crippen LogP contribution in [0.2, 0.25) is 0 Å². The molecule has 1 heterocycles. The van der Waals surface area contributed by atoms with Crippen molar-refractivity contribution in [2.75, 3.05) is 6.54 Å². The zero-order valence-electron chi connectivity index (χ0n) is 11.8. The van der Waals surface area contributed by atoms with Gasteiger partial charge in [-0.2, -0.15) is 0 Å². The number of hydrogen-bond acceptors (Lipinski definition) is 3. The van der Waals surface area contributed by atoms with Crippen LogP contribution in [0.25, 0.3) is 0 Å². The molecule has 0 radical (unpaired) electrons. The van der Waals surface area contributed by atoms with Gasteiger partial charge in [-0.15, -0.1) is 0 Å². The number of carbonyl (C=O) groups excluding carboxylic acids is 1. The van der Waals surface area contributed by atoms with Crippen LogP contribution in [0.1, 0.15) is 48.8 Å². The lowest BCUT2D eigenvalue weighted by molar-refractivity contribution is 0.0659. The molecular weight excluding hydrogens is 246 g/mol. The van der Waals surface area contributed by atoms with Crippen LogP contribution in [-0.2, 0) is 0 Å². The fourth-order valence-electron chi connectivity index (χ4n) is 2.11. The minimum absolute atomic E-state index is 0.0312. The number of nitrogens with one attached hydrogen (secondary N) is 1. The number of carboxylic acids is 1. The number of amides is 1.